The third kappa shape index (κ3) is 15.0. The molecule has 0 radical (unpaired) electrons. The summed E-state index contributed by atoms with van der Waals surface area (Å²) in [6.07, 6.45) is 24.4. The van der Waals surface area contributed by atoms with Gasteiger partial charge in [0.2, 0.25) is 0 Å². The van der Waals surface area contributed by atoms with E-state index in [4.69, 9.17) is 0 Å². The molecule has 0 amide bonds. The SMILES string of the molecule is CCCCCCCCCCCc1ccc2cc(CCCCCCCCCCC)c(S(=O)(=O)[O-])cc2c1.[K+]. The van der Waals surface area contributed by atoms with Gasteiger partial charge in [-0.15, -0.1) is 0 Å². The molecule has 0 aromatic heterocycles. The number of hydrogen-bond donors (Lipinski definition) is 0. The number of unbranched alkanes of at least 4 members (excludes halogenated alkanes) is 16. The average Bonchev–Trinajstić information content (AvgIpc) is 2.85. The molecule has 0 saturated carbocycles. The maximum absolute atomic E-state index is 12.0. The molecule has 0 unspecified atom stereocenters. The summed E-state index contributed by atoms with van der Waals surface area (Å²) in [7, 11) is -4.48. The third-order valence-electron chi connectivity index (χ3n) is 7.47. The fraction of sp³-hybridized carbons (Fsp3) is 0.688. The van der Waals surface area contributed by atoms with Crippen molar-refractivity contribution in [2.75, 3.05) is 0 Å². The van der Waals surface area contributed by atoms with Crippen LogP contribution >= 0.6 is 0 Å². The van der Waals surface area contributed by atoms with Gasteiger partial charge in [0.1, 0.15) is 10.1 Å². The van der Waals surface area contributed by atoms with Gasteiger partial charge in [0.05, 0.1) is 4.90 Å². The number of aryl methyl sites for hydroxylation is 2. The quantitative estimate of drug-likeness (QED) is 0.0958. The number of benzene rings is 2. The molecular formula is C32H51KO3S. The van der Waals surface area contributed by atoms with Crippen LogP contribution in [0.15, 0.2) is 35.2 Å². The predicted octanol–water partition coefficient (Wildman–Crippen LogP) is 6.89. The maximum Gasteiger partial charge on any atom is 1.00 e. The molecule has 0 fully saturated rings. The first-order valence-electron chi connectivity index (χ1n) is 15.0. The summed E-state index contributed by atoms with van der Waals surface area (Å²) < 4.78 is 36.1. The summed E-state index contributed by atoms with van der Waals surface area (Å²) in [5.74, 6) is 0. The van der Waals surface area contributed by atoms with E-state index >= 15 is 0 Å². The molecule has 5 heteroatoms. The molecule has 2 aromatic rings. The molecule has 0 saturated heterocycles. The first-order valence-corrected chi connectivity index (χ1v) is 16.4. The van der Waals surface area contributed by atoms with Crippen molar-refractivity contribution in [3.05, 3.63) is 41.5 Å². The van der Waals surface area contributed by atoms with Gasteiger partial charge in [-0.3, -0.25) is 0 Å². The average molecular weight is 555 g/mol. The molecule has 0 atom stereocenters. The molecule has 204 valence electrons. The van der Waals surface area contributed by atoms with Crippen molar-refractivity contribution >= 4 is 20.9 Å². The van der Waals surface area contributed by atoms with Crippen LogP contribution < -0.4 is 51.4 Å². The van der Waals surface area contributed by atoms with Crippen LogP contribution in [-0.4, -0.2) is 13.0 Å². The molecule has 2 rings (SSSR count). The predicted molar refractivity (Wildman–Crippen MR) is 154 cm³/mol. The topological polar surface area (TPSA) is 57.2 Å². The van der Waals surface area contributed by atoms with E-state index in [1.807, 2.05) is 6.07 Å². The zero-order chi connectivity index (χ0) is 26.1. The second-order valence-electron chi connectivity index (χ2n) is 10.8. The molecule has 0 aliphatic heterocycles. The van der Waals surface area contributed by atoms with Crippen molar-refractivity contribution in [1.82, 2.24) is 0 Å². The van der Waals surface area contributed by atoms with E-state index in [9.17, 15) is 13.0 Å². The Morgan fingerprint density at radius 3 is 1.51 bits per heavy atom. The van der Waals surface area contributed by atoms with E-state index in [-0.39, 0.29) is 56.3 Å². The molecule has 0 N–H and O–H groups in total. The van der Waals surface area contributed by atoms with Crippen molar-refractivity contribution in [2.45, 2.75) is 147 Å². The normalized spacial score (nSPS) is 11.6. The minimum Gasteiger partial charge on any atom is -0.744 e. The van der Waals surface area contributed by atoms with Gasteiger partial charge in [-0.2, -0.15) is 0 Å². The van der Waals surface area contributed by atoms with E-state index in [0.717, 1.165) is 36.5 Å². The summed E-state index contributed by atoms with van der Waals surface area (Å²) >= 11 is 0. The van der Waals surface area contributed by atoms with Crippen molar-refractivity contribution in [3.8, 4) is 0 Å². The van der Waals surface area contributed by atoms with E-state index in [1.165, 1.54) is 102 Å². The number of hydrogen-bond acceptors (Lipinski definition) is 3. The summed E-state index contributed by atoms with van der Waals surface area (Å²) in [6, 6.07) is 9.91. The van der Waals surface area contributed by atoms with E-state index in [2.05, 4.69) is 32.0 Å². The van der Waals surface area contributed by atoms with Gasteiger partial charge in [-0.25, -0.2) is 8.42 Å². The Bertz CT molecular complexity index is 971. The van der Waals surface area contributed by atoms with Crippen LogP contribution in [0.3, 0.4) is 0 Å². The second kappa shape index (κ2) is 21.1. The smallest absolute Gasteiger partial charge is 0.744 e. The van der Waals surface area contributed by atoms with E-state index in [0.29, 0.717) is 12.0 Å². The van der Waals surface area contributed by atoms with Crippen molar-refractivity contribution in [2.24, 2.45) is 0 Å². The van der Waals surface area contributed by atoms with Crippen molar-refractivity contribution < 1.29 is 64.4 Å². The third-order valence-corrected chi connectivity index (χ3v) is 8.39. The molecule has 37 heavy (non-hydrogen) atoms. The summed E-state index contributed by atoms with van der Waals surface area (Å²) in [5, 5.41) is 1.90. The molecule has 0 aliphatic rings. The van der Waals surface area contributed by atoms with Crippen molar-refractivity contribution in [1.29, 1.82) is 0 Å². The van der Waals surface area contributed by atoms with Crippen LogP contribution in [0, 0.1) is 0 Å². The molecule has 3 nitrogen and oxygen atoms in total. The minimum absolute atomic E-state index is 0. The van der Waals surface area contributed by atoms with Crippen LogP contribution in [0.25, 0.3) is 10.8 Å². The van der Waals surface area contributed by atoms with Crippen LogP contribution in [0.1, 0.15) is 141 Å². The summed E-state index contributed by atoms with van der Waals surface area (Å²) in [6.45, 7) is 4.49. The Labute approximate surface area is 271 Å². The molecule has 0 aliphatic carbocycles. The zero-order valence-electron chi connectivity index (χ0n) is 24.2. The Morgan fingerprint density at radius 2 is 1.03 bits per heavy atom. The Balaban J connectivity index is 0.00000684. The maximum atomic E-state index is 12.0. The van der Waals surface area contributed by atoms with Crippen LogP contribution in [0.2, 0.25) is 0 Å². The summed E-state index contributed by atoms with van der Waals surface area (Å²) in [5.41, 5.74) is 1.92. The van der Waals surface area contributed by atoms with Gasteiger partial charge in [0.25, 0.3) is 0 Å². The van der Waals surface area contributed by atoms with Gasteiger partial charge in [-0.1, -0.05) is 135 Å². The molecule has 0 spiro atoms. The molecule has 2 aromatic carbocycles. The van der Waals surface area contributed by atoms with Gasteiger partial charge in [0, 0.05) is 0 Å². The fourth-order valence-electron chi connectivity index (χ4n) is 5.22. The molecule has 0 heterocycles. The van der Waals surface area contributed by atoms with Gasteiger partial charge < -0.3 is 4.55 Å². The largest absolute Gasteiger partial charge is 1.00 e. The number of rotatable bonds is 21. The van der Waals surface area contributed by atoms with Crippen molar-refractivity contribution in [3.63, 3.8) is 0 Å². The van der Waals surface area contributed by atoms with Crippen LogP contribution in [-0.2, 0) is 23.0 Å². The second-order valence-corrected chi connectivity index (χ2v) is 12.1. The van der Waals surface area contributed by atoms with Gasteiger partial charge >= 0.3 is 51.4 Å². The van der Waals surface area contributed by atoms with E-state index in [1.54, 1.807) is 6.07 Å². The van der Waals surface area contributed by atoms with Crippen LogP contribution in [0.4, 0.5) is 0 Å². The van der Waals surface area contributed by atoms with E-state index < -0.39 is 10.1 Å². The van der Waals surface area contributed by atoms with Gasteiger partial charge in [-0.05, 0) is 59.7 Å². The molecular weight excluding hydrogens is 504 g/mol. The Kier molecular flexibility index (Phi) is 20.1. The zero-order valence-corrected chi connectivity index (χ0v) is 28.1. The van der Waals surface area contributed by atoms with Gasteiger partial charge in [0.15, 0.2) is 0 Å². The number of fused-ring (bicyclic) bond motifs is 1. The summed E-state index contributed by atoms with van der Waals surface area (Å²) in [4.78, 5) is -0.0187. The van der Waals surface area contributed by atoms with Crippen LogP contribution in [0.5, 0.6) is 0 Å². The molecule has 0 bridgehead atoms. The standard InChI is InChI=1S/C32H52O3S.K/c1-3-5-7-9-11-13-15-17-19-21-28-23-24-29-26-30(32(36(33,34)35)27-31(29)25-28)22-20-18-16-14-12-10-8-6-4-2;/h23-27H,3-22H2,1-2H3,(H,33,34,35);/q;+1/p-1. The first kappa shape index (κ1) is 35.3. The fourth-order valence-corrected chi connectivity index (χ4v) is 5.98. The Hall–Kier alpha value is 0.246. The Morgan fingerprint density at radius 1 is 0.568 bits per heavy atom. The monoisotopic (exact) mass is 554 g/mol. The first-order chi connectivity index (χ1) is 17.5. The minimum atomic E-state index is -4.48.